The van der Waals surface area contributed by atoms with Crippen LogP contribution in [0.25, 0.3) is 0 Å². The summed E-state index contributed by atoms with van der Waals surface area (Å²) in [5.74, 6) is 2.63. The number of thiocarbonyl (C=S) groups is 1. The Morgan fingerprint density at radius 2 is 2.20 bits per heavy atom. The van der Waals surface area contributed by atoms with Gasteiger partial charge in [-0.25, -0.2) is 0 Å². The van der Waals surface area contributed by atoms with Crippen molar-refractivity contribution in [3.8, 4) is 0 Å². The molecule has 0 radical (unpaired) electrons. The third-order valence-corrected chi connectivity index (χ3v) is 5.52. The first-order valence-electron chi connectivity index (χ1n) is 7.40. The summed E-state index contributed by atoms with van der Waals surface area (Å²) in [5, 5.41) is 4.32. The SMILES string of the molecule is CC(Nc1cc(Cl)ccc1C(N)=S)C1CC2CCC1C2. The van der Waals surface area contributed by atoms with Gasteiger partial charge in [0.2, 0.25) is 0 Å². The maximum atomic E-state index is 6.10. The first-order chi connectivity index (χ1) is 9.54. The number of fused-ring (bicyclic) bond motifs is 2. The molecule has 108 valence electrons. The van der Waals surface area contributed by atoms with Gasteiger partial charge in [-0.05, 0) is 62.1 Å². The smallest absolute Gasteiger partial charge is 0.106 e. The summed E-state index contributed by atoms with van der Waals surface area (Å²) in [5.41, 5.74) is 7.66. The van der Waals surface area contributed by atoms with E-state index in [2.05, 4.69) is 12.2 Å². The van der Waals surface area contributed by atoms with E-state index < -0.39 is 0 Å². The summed E-state index contributed by atoms with van der Waals surface area (Å²) in [4.78, 5) is 0.421. The second-order valence-corrected chi connectivity index (χ2v) is 7.20. The molecule has 0 heterocycles. The zero-order valence-corrected chi connectivity index (χ0v) is 13.3. The quantitative estimate of drug-likeness (QED) is 0.818. The van der Waals surface area contributed by atoms with Gasteiger partial charge in [-0.15, -0.1) is 0 Å². The highest BCUT2D eigenvalue weighted by atomic mass is 35.5. The van der Waals surface area contributed by atoms with E-state index in [1.807, 2.05) is 18.2 Å². The molecule has 1 aromatic rings. The van der Waals surface area contributed by atoms with Crippen LogP contribution in [0.4, 0.5) is 5.69 Å². The minimum absolute atomic E-state index is 0.421. The van der Waals surface area contributed by atoms with Gasteiger partial charge in [0.15, 0.2) is 0 Å². The predicted molar refractivity (Wildman–Crippen MR) is 89.4 cm³/mol. The largest absolute Gasteiger partial charge is 0.389 e. The Morgan fingerprint density at radius 1 is 1.40 bits per heavy atom. The van der Waals surface area contributed by atoms with E-state index in [1.54, 1.807) is 0 Å². The Morgan fingerprint density at radius 3 is 2.80 bits per heavy atom. The number of halogens is 1. The summed E-state index contributed by atoms with van der Waals surface area (Å²) in [6, 6.07) is 6.11. The monoisotopic (exact) mass is 308 g/mol. The van der Waals surface area contributed by atoms with Crippen molar-refractivity contribution < 1.29 is 0 Å². The highest BCUT2D eigenvalue weighted by molar-refractivity contribution is 7.80. The Kier molecular flexibility index (Phi) is 3.91. The van der Waals surface area contributed by atoms with Crippen molar-refractivity contribution in [3.63, 3.8) is 0 Å². The molecule has 4 unspecified atom stereocenters. The second-order valence-electron chi connectivity index (χ2n) is 6.33. The lowest BCUT2D eigenvalue weighted by Gasteiger charge is -2.30. The molecule has 20 heavy (non-hydrogen) atoms. The maximum Gasteiger partial charge on any atom is 0.106 e. The molecule has 2 aliphatic carbocycles. The van der Waals surface area contributed by atoms with E-state index in [0.717, 1.165) is 29.0 Å². The van der Waals surface area contributed by atoms with Crippen LogP contribution >= 0.6 is 23.8 Å². The van der Waals surface area contributed by atoms with Gasteiger partial charge in [0, 0.05) is 22.3 Å². The highest BCUT2D eigenvalue weighted by Gasteiger charge is 2.41. The number of benzene rings is 1. The number of anilines is 1. The molecule has 2 fully saturated rings. The van der Waals surface area contributed by atoms with Crippen LogP contribution in [0.5, 0.6) is 0 Å². The van der Waals surface area contributed by atoms with Crippen LogP contribution in [-0.2, 0) is 0 Å². The molecule has 0 spiro atoms. The van der Waals surface area contributed by atoms with Gasteiger partial charge < -0.3 is 11.1 Å². The summed E-state index contributed by atoms with van der Waals surface area (Å²) in [7, 11) is 0. The zero-order valence-electron chi connectivity index (χ0n) is 11.7. The van der Waals surface area contributed by atoms with Gasteiger partial charge in [0.05, 0.1) is 0 Å². The van der Waals surface area contributed by atoms with Crippen LogP contribution in [0, 0.1) is 17.8 Å². The Hall–Kier alpha value is -0.800. The van der Waals surface area contributed by atoms with Crippen LogP contribution in [0.15, 0.2) is 18.2 Å². The van der Waals surface area contributed by atoms with E-state index in [-0.39, 0.29) is 0 Å². The molecule has 2 aliphatic rings. The fraction of sp³-hybridized carbons (Fsp3) is 0.562. The molecule has 0 aromatic heterocycles. The van der Waals surface area contributed by atoms with E-state index in [4.69, 9.17) is 29.6 Å². The van der Waals surface area contributed by atoms with Crippen molar-refractivity contribution in [3.05, 3.63) is 28.8 Å². The van der Waals surface area contributed by atoms with Crippen LogP contribution in [-0.4, -0.2) is 11.0 Å². The average Bonchev–Trinajstić information content (AvgIpc) is 3.00. The molecule has 2 saturated carbocycles. The molecule has 2 nitrogen and oxygen atoms in total. The van der Waals surface area contributed by atoms with E-state index in [1.165, 1.54) is 25.7 Å². The van der Waals surface area contributed by atoms with Crippen LogP contribution in [0.2, 0.25) is 5.02 Å². The van der Waals surface area contributed by atoms with Crippen molar-refractivity contribution in [2.24, 2.45) is 23.5 Å². The normalized spacial score (nSPS) is 29.4. The standard InChI is InChI=1S/C16H21ClN2S/c1-9(14-7-10-2-3-11(14)6-10)19-15-8-12(17)4-5-13(15)16(18)20/h4-5,8-11,14,19H,2-3,6-7H2,1H3,(H2,18,20). The van der Waals surface area contributed by atoms with Crippen molar-refractivity contribution in [1.29, 1.82) is 0 Å². The van der Waals surface area contributed by atoms with E-state index in [9.17, 15) is 0 Å². The van der Waals surface area contributed by atoms with Crippen LogP contribution < -0.4 is 11.1 Å². The fourth-order valence-corrected chi connectivity index (χ4v) is 4.46. The van der Waals surface area contributed by atoms with Crippen molar-refractivity contribution in [2.45, 2.75) is 38.6 Å². The lowest BCUT2D eigenvalue weighted by atomic mass is 9.84. The summed E-state index contributed by atoms with van der Waals surface area (Å²) in [6.45, 7) is 2.27. The molecule has 4 atom stereocenters. The Balaban J connectivity index is 1.77. The molecule has 3 N–H and O–H groups in total. The average molecular weight is 309 g/mol. The molecule has 4 heteroatoms. The van der Waals surface area contributed by atoms with Crippen molar-refractivity contribution >= 4 is 34.5 Å². The molecular weight excluding hydrogens is 288 g/mol. The number of hydrogen-bond acceptors (Lipinski definition) is 2. The molecule has 0 amide bonds. The van der Waals surface area contributed by atoms with Crippen molar-refractivity contribution in [1.82, 2.24) is 0 Å². The predicted octanol–water partition coefficient (Wildman–Crippen LogP) is 4.21. The lowest BCUT2D eigenvalue weighted by molar-refractivity contribution is 0.304. The van der Waals surface area contributed by atoms with Gasteiger partial charge >= 0.3 is 0 Å². The topological polar surface area (TPSA) is 38.0 Å². The summed E-state index contributed by atoms with van der Waals surface area (Å²) < 4.78 is 0. The maximum absolute atomic E-state index is 6.10. The van der Waals surface area contributed by atoms with Gasteiger partial charge in [-0.1, -0.05) is 30.2 Å². The number of nitrogens with two attached hydrogens (primary N) is 1. The molecule has 2 bridgehead atoms. The minimum atomic E-state index is 0.421. The van der Waals surface area contributed by atoms with Gasteiger partial charge in [0.25, 0.3) is 0 Å². The van der Waals surface area contributed by atoms with E-state index in [0.29, 0.717) is 16.1 Å². The molecule has 3 rings (SSSR count). The molecule has 1 aromatic carbocycles. The molecule has 0 saturated heterocycles. The number of rotatable bonds is 4. The number of nitrogens with one attached hydrogen (secondary N) is 1. The highest BCUT2D eigenvalue weighted by Crippen LogP contribution is 2.49. The minimum Gasteiger partial charge on any atom is -0.389 e. The van der Waals surface area contributed by atoms with Crippen molar-refractivity contribution in [2.75, 3.05) is 5.32 Å². The lowest BCUT2D eigenvalue weighted by Crippen LogP contribution is -2.30. The fourth-order valence-electron chi connectivity index (χ4n) is 4.11. The Bertz CT molecular complexity index is 531. The van der Waals surface area contributed by atoms with Gasteiger partial charge in [-0.2, -0.15) is 0 Å². The molecule has 0 aliphatic heterocycles. The Labute approximate surface area is 131 Å². The zero-order chi connectivity index (χ0) is 14.3. The number of hydrogen-bond donors (Lipinski definition) is 2. The molecular formula is C16H21ClN2S. The summed E-state index contributed by atoms with van der Waals surface area (Å²) >= 11 is 11.2. The van der Waals surface area contributed by atoms with E-state index >= 15 is 0 Å². The summed E-state index contributed by atoms with van der Waals surface area (Å²) in [6.07, 6.45) is 5.62. The second kappa shape index (κ2) is 5.53. The van der Waals surface area contributed by atoms with Gasteiger partial charge in [-0.3, -0.25) is 0 Å². The third-order valence-electron chi connectivity index (χ3n) is 5.07. The third kappa shape index (κ3) is 2.66. The first kappa shape index (κ1) is 14.2. The van der Waals surface area contributed by atoms with Gasteiger partial charge in [0.1, 0.15) is 4.99 Å². The van der Waals surface area contributed by atoms with Crippen LogP contribution in [0.1, 0.15) is 38.2 Å². The van der Waals surface area contributed by atoms with Crippen LogP contribution in [0.3, 0.4) is 0 Å². The first-order valence-corrected chi connectivity index (χ1v) is 8.19.